The summed E-state index contributed by atoms with van der Waals surface area (Å²) < 4.78 is 0. The standard InChI is InChI=1S/C7H14N2O4/c1-4(2)5(9-7(12)13)3-8-6(10)11/h4-5,8-9H,3H2,1-2H3,(H,10,11)(H,12,13). The monoisotopic (exact) mass is 190 g/mol. The largest absolute Gasteiger partial charge is 0.465 e. The van der Waals surface area contributed by atoms with Crippen molar-refractivity contribution in [2.45, 2.75) is 19.9 Å². The van der Waals surface area contributed by atoms with Crippen molar-refractivity contribution >= 4 is 12.2 Å². The van der Waals surface area contributed by atoms with E-state index in [1.165, 1.54) is 0 Å². The molecule has 13 heavy (non-hydrogen) atoms. The third kappa shape index (κ3) is 5.77. The van der Waals surface area contributed by atoms with Crippen LogP contribution in [0.2, 0.25) is 0 Å². The molecule has 0 aliphatic carbocycles. The number of rotatable bonds is 4. The summed E-state index contributed by atoms with van der Waals surface area (Å²) in [6.45, 7) is 3.70. The molecule has 0 radical (unpaired) electrons. The van der Waals surface area contributed by atoms with Gasteiger partial charge in [-0.2, -0.15) is 0 Å². The van der Waals surface area contributed by atoms with E-state index in [0.717, 1.165) is 0 Å². The van der Waals surface area contributed by atoms with Gasteiger partial charge in [0.25, 0.3) is 0 Å². The molecule has 0 bridgehead atoms. The number of carboxylic acid groups (broad SMARTS) is 2. The van der Waals surface area contributed by atoms with Crippen LogP contribution in [-0.2, 0) is 0 Å². The maximum atomic E-state index is 10.3. The van der Waals surface area contributed by atoms with Crippen molar-refractivity contribution in [2.24, 2.45) is 5.92 Å². The molecule has 6 heteroatoms. The molecule has 4 N–H and O–H groups in total. The van der Waals surface area contributed by atoms with E-state index < -0.39 is 18.2 Å². The number of amides is 2. The van der Waals surface area contributed by atoms with Gasteiger partial charge >= 0.3 is 12.2 Å². The van der Waals surface area contributed by atoms with Crippen molar-refractivity contribution in [1.29, 1.82) is 0 Å². The fourth-order valence-electron chi connectivity index (χ4n) is 0.809. The lowest BCUT2D eigenvalue weighted by atomic mass is 10.1. The van der Waals surface area contributed by atoms with Crippen LogP contribution >= 0.6 is 0 Å². The highest BCUT2D eigenvalue weighted by molar-refractivity contribution is 5.66. The highest BCUT2D eigenvalue weighted by atomic mass is 16.4. The van der Waals surface area contributed by atoms with Gasteiger partial charge in [-0.15, -0.1) is 0 Å². The number of hydrogen-bond acceptors (Lipinski definition) is 2. The molecule has 0 heterocycles. The van der Waals surface area contributed by atoms with Crippen molar-refractivity contribution in [3.63, 3.8) is 0 Å². The van der Waals surface area contributed by atoms with Gasteiger partial charge in [0.2, 0.25) is 0 Å². The summed E-state index contributed by atoms with van der Waals surface area (Å²) in [6.07, 6.45) is -2.30. The van der Waals surface area contributed by atoms with Gasteiger partial charge in [-0.25, -0.2) is 9.59 Å². The van der Waals surface area contributed by atoms with Crippen LogP contribution in [0.4, 0.5) is 9.59 Å². The zero-order valence-electron chi connectivity index (χ0n) is 7.57. The van der Waals surface area contributed by atoms with E-state index in [2.05, 4.69) is 10.6 Å². The van der Waals surface area contributed by atoms with Crippen molar-refractivity contribution in [3.05, 3.63) is 0 Å². The van der Waals surface area contributed by atoms with Crippen LogP contribution < -0.4 is 10.6 Å². The van der Waals surface area contributed by atoms with Crippen LogP contribution in [0.15, 0.2) is 0 Å². The lowest BCUT2D eigenvalue weighted by molar-refractivity contribution is 0.179. The lowest BCUT2D eigenvalue weighted by Gasteiger charge is -2.20. The Bertz CT molecular complexity index is 193. The maximum absolute atomic E-state index is 10.3. The Morgan fingerprint density at radius 3 is 2.08 bits per heavy atom. The molecule has 0 aromatic carbocycles. The molecule has 0 spiro atoms. The summed E-state index contributed by atoms with van der Waals surface area (Å²) >= 11 is 0. The number of nitrogens with one attached hydrogen (secondary N) is 2. The summed E-state index contributed by atoms with van der Waals surface area (Å²) in [5, 5.41) is 21.1. The molecule has 0 aromatic rings. The predicted octanol–water partition coefficient (Wildman–Crippen LogP) is 0.546. The lowest BCUT2D eigenvalue weighted by Crippen LogP contribution is -2.45. The van der Waals surface area contributed by atoms with Gasteiger partial charge in [0.05, 0.1) is 6.04 Å². The molecule has 0 aliphatic heterocycles. The molecule has 1 atom stereocenters. The first-order chi connectivity index (χ1) is 5.93. The molecule has 0 aromatic heterocycles. The van der Waals surface area contributed by atoms with Crippen LogP contribution in [-0.4, -0.2) is 35.0 Å². The Hall–Kier alpha value is -1.46. The molecule has 0 rings (SSSR count). The Kier molecular flexibility index (Phi) is 4.64. The zero-order chi connectivity index (χ0) is 10.4. The van der Waals surface area contributed by atoms with Crippen molar-refractivity contribution in [2.75, 3.05) is 6.54 Å². The Morgan fingerprint density at radius 1 is 1.23 bits per heavy atom. The zero-order valence-corrected chi connectivity index (χ0v) is 7.57. The second kappa shape index (κ2) is 5.23. The van der Waals surface area contributed by atoms with Crippen LogP contribution in [0.1, 0.15) is 13.8 Å². The summed E-state index contributed by atoms with van der Waals surface area (Å²) in [5.74, 6) is 0.0444. The molecule has 76 valence electrons. The SMILES string of the molecule is CC(C)C(CNC(=O)O)NC(=O)O. The fourth-order valence-corrected chi connectivity index (χ4v) is 0.809. The van der Waals surface area contributed by atoms with E-state index in [1.54, 1.807) is 0 Å². The minimum absolute atomic E-state index is 0.0444. The van der Waals surface area contributed by atoms with Gasteiger partial charge in [-0.05, 0) is 5.92 Å². The van der Waals surface area contributed by atoms with Gasteiger partial charge < -0.3 is 20.8 Å². The maximum Gasteiger partial charge on any atom is 0.404 e. The van der Waals surface area contributed by atoms with Crippen molar-refractivity contribution in [1.82, 2.24) is 10.6 Å². The molecule has 0 saturated heterocycles. The highest BCUT2D eigenvalue weighted by Crippen LogP contribution is 1.99. The Balaban J connectivity index is 3.95. The minimum Gasteiger partial charge on any atom is -0.465 e. The average molecular weight is 190 g/mol. The summed E-state index contributed by atoms with van der Waals surface area (Å²) in [6, 6.07) is -0.395. The van der Waals surface area contributed by atoms with Gasteiger partial charge in [0, 0.05) is 6.54 Å². The van der Waals surface area contributed by atoms with Gasteiger partial charge in [-0.1, -0.05) is 13.8 Å². The third-order valence-corrected chi connectivity index (χ3v) is 1.59. The molecular formula is C7H14N2O4. The summed E-state index contributed by atoms with van der Waals surface area (Å²) in [4.78, 5) is 20.4. The van der Waals surface area contributed by atoms with Gasteiger partial charge in [-0.3, -0.25) is 0 Å². The number of hydrogen-bond donors (Lipinski definition) is 4. The van der Waals surface area contributed by atoms with Crippen LogP contribution in [0.25, 0.3) is 0 Å². The molecular weight excluding hydrogens is 176 g/mol. The normalized spacial score (nSPS) is 12.2. The molecule has 0 fully saturated rings. The third-order valence-electron chi connectivity index (χ3n) is 1.59. The highest BCUT2D eigenvalue weighted by Gasteiger charge is 2.15. The first-order valence-corrected chi connectivity index (χ1v) is 3.89. The average Bonchev–Trinajstić information content (AvgIpc) is 1.96. The van der Waals surface area contributed by atoms with Gasteiger partial charge in [0.15, 0.2) is 0 Å². The minimum atomic E-state index is -1.15. The first kappa shape index (κ1) is 11.5. The van der Waals surface area contributed by atoms with Gasteiger partial charge in [0.1, 0.15) is 0 Å². The summed E-state index contributed by atoms with van der Waals surface area (Å²) in [7, 11) is 0. The van der Waals surface area contributed by atoms with Crippen molar-refractivity contribution in [3.8, 4) is 0 Å². The Labute approximate surface area is 75.9 Å². The van der Waals surface area contributed by atoms with E-state index in [1.807, 2.05) is 13.8 Å². The molecule has 1 unspecified atom stereocenters. The predicted molar refractivity (Wildman–Crippen MR) is 45.8 cm³/mol. The van der Waals surface area contributed by atoms with E-state index in [-0.39, 0.29) is 12.5 Å². The molecule has 2 amide bonds. The van der Waals surface area contributed by atoms with Crippen LogP contribution in [0.3, 0.4) is 0 Å². The van der Waals surface area contributed by atoms with E-state index in [0.29, 0.717) is 0 Å². The molecule has 0 aliphatic rings. The smallest absolute Gasteiger partial charge is 0.404 e. The van der Waals surface area contributed by atoms with Crippen LogP contribution in [0, 0.1) is 5.92 Å². The fraction of sp³-hybridized carbons (Fsp3) is 0.714. The summed E-state index contributed by atoms with van der Waals surface area (Å²) in [5.41, 5.74) is 0. The topological polar surface area (TPSA) is 98.7 Å². The van der Waals surface area contributed by atoms with E-state index in [9.17, 15) is 9.59 Å². The number of carbonyl (C=O) groups is 2. The first-order valence-electron chi connectivity index (χ1n) is 3.89. The Morgan fingerprint density at radius 2 is 1.77 bits per heavy atom. The van der Waals surface area contributed by atoms with Crippen LogP contribution in [0.5, 0.6) is 0 Å². The molecule has 6 nitrogen and oxygen atoms in total. The van der Waals surface area contributed by atoms with E-state index in [4.69, 9.17) is 10.2 Å². The quantitative estimate of drug-likeness (QED) is 0.520. The molecule has 0 saturated carbocycles. The van der Waals surface area contributed by atoms with E-state index >= 15 is 0 Å². The second-order valence-electron chi connectivity index (χ2n) is 2.99. The van der Waals surface area contributed by atoms with Crippen molar-refractivity contribution < 1.29 is 19.8 Å². The second-order valence-corrected chi connectivity index (χ2v) is 2.99.